The lowest BCUT2D eigenvalue weighted by molar-refractivity contribution is 0.450. The Morgan fingerprint density at radius 1 is 1.42 bits per heavy atom. The van der Waals surface area contributed by atoms with E-state index in [9.17, 15) is 9.50 Å². The Morgan fingerprint density at radius 2 is 2.11 bits per heavy atom. The lowest BCUT2D eigenvalue weighted by Crippen LogP contribution is -2.03. The number of nitriles is 1. The highest BCUT2D eigenvalue weighted by atomic mass is 19.1. The first-order valence-electron chi connectivity index (χ1n) is 6.94. The predicted molar refractivity (Wildman–Crippen MR) is 72.5 cm³/mol. The van der Waals surface area contributed by atoms with Crippen LogP contribution >= 0.6 is 0 Å². The fourth-order valence-corrected chi connectivity index (χ4v) is 2.97. The van der Waals surface area contributed by atoms with Crippen LogP contribution in [0.2, 0.25) is 0 Å². The van der Waals surface area contributed by atoms with Gasteiger partial charge in [0.15, 0.2) is 0 Å². The summed E-state index contributed by atoms with van der Waals surface area (Å²) in [6, 6.07) is 3.93. The zero-order valence-corrected chi connectivity index (χ0v) is 11.5. The Labute approximate surface area is 113 Å². The van der Waals surface area contributed by atoms with Crippen LogP contribution in [-0.2, 0) is 12.8 Å². The fourth-order valence-electron chi connectivity index (χ4n) is 2.97. The second-order valence-corrected chi connectivity index (χ2v) is 5.72. The van der Waals surface area contributed by atoms with Crippen molar-refractivity contribution in [2.45, 2.75) is 51.9 Å². The third kappa shape index (κ3) is 2.73. The normalized spacial score (nSPS) is 18.8. The highest BCUT2D eigenvalue weighted by Crippen LogP contribution is 2.36. The van der Waals surface area contributed by atoms with Gasteiger partial charge in [0.1, 0.15) is 11.6 Å². The average molecular weight is 261 g/mol. The smallest absolute Gasteiger partial charge is 0.133 e. The largest absolute Gasteiger partial charge is 0.508 e. The van der Waals surface area contributed by atoms with E-state index in [4.69, 9.17) is 5.26 Å². The summed E-state index contributed by atoms with van der Waals surface area (Å²) in [5, 5.41) is 18.8. The van der Waals surface area contributed by atoms with Crippen molar-refractivity contribution in [1.82, 2.24) is 0 Å². The topological polar surface area (TPSA) is 44.0 Å². The number of hydrogen-bond donors (Lipinski definition) is 1. The molecule has 2 nitrogen and oxygen atoms in total. The van der Waals surface area contributed by atoms with E-state index in [0.29, 0.717) is 24.3 Å². The van der Waals surface area contributed by atoms with E-state index in [2.05, 4.69) is 6.07 Å². The fraction of sp³-hybridized carbons (Fsp3) is 0.562. The molecule has 0 amide bonds. The molecule has 0 fully saturated rings. The van der Waals surface area contributed by atoms with Crippen molar-refractivity contribution in [2.75, 3.05) is 0 Å². The van der Waals surface area contributed by atoms with Crippen LogP contribution in [0.3, 0.4) is 0 Å². The van der Waals surface area contributed by atoms with Crippen molar-refractivity contribution in [3.63, 3.8) is 0 Å². The lowest BCUT2D eigenvalue weighted by Gasteiger charge is -2.15. The van der Waals surface area contributed by atoms with Crippen LogP contribution < -0.4 is 0 Å². The van der Waals surface area contributed by atoms with E-state index in [1.54, 1.807) is 6.07 Å². The predicted octanol–water partition coefficient (Wildman–Crippen LogP) is 4.06. The molecule has 0 heterocycles. The number of benzene rings is 1. The molecule has 1 N–H and O–H groups in total. The number of hydrogen-bond acceptors (Lipinski definition) is 2. The number of nitrogens with zero attached hydrogens (tertiary/aromatic N) is 1. The van der Waals surface area contributed by atoms with Gasteiger partial charge in [-0.2, -0.15) is 5.26 Å². The molecule has 1 aliphatic carbocycles. The van der Waals surface area contributed by atoms with Gasteiger partial charge in [-0.05, 0) is 54.7 Å². The number of aryl methyl sites for hydroxylation is 1. The summed E-state index contributed by atoms with van der Waals surface area (Å²) in [4.78, 5) is 0. The molecule has 0 aromatic heterocycles. The summed E-state index contributed by atoms with van der Waals surface area (Å²) in [6.07, 6.45) is 3.73. The van der Waals surface area contributed by atoms with Crippen molar-refractivity contribution < 1.29 is 9.50 Å². The molecule has 1 aromatic carbocycles. The molecule has 0 bridgehead atoms. The van der Waals surface area contributed by atoms with Crippen LogP contribution in [0.25, 0.3) is 0 Å². The zero-order valence-electron chi connectivity index (χ0n) is 11.5. The van der Waals surface area contributed by atoms with E-state index in [-0.39, 0.29) is 17.5 Å². The van der Waals surface area contributed by atoms with Crippen LogP contribution in [0.4, 0.5) is 4.39 Å². The van der Waals surface area contributed by atoms with Crippen molar-refractivity contribution in [3.05, 3.63) is 28.6 Å². The molecule has 102 valence electrons. The Hall–Kier alpha value is -1.56. The van der Waals surface area contributed by atoms with Crippen LogP contribution in [0.5, 0.6) is 5.75 Å². The molecule has 0 spiro atoms. The van der Waals surface area contributed by atoms with Crippen LogP contribution in [0.1, 0.15) is 55.7 Å². The van der Waals surface area contributed by atoms with Gasteiger partial charge in [0, 0.05) is 12.0 Å². The Morgan fingerprint density at radius 3 is 2.74 bits per heavy atom. The van der Waals surface area contributed by atoms with Gasteiger partial charge in [0.25, 0.3) is 0 Å². The Kier molecular flexibility index (Phi) is 4.09. The summed E-state index contributed by atoms with van der Waals surface area (Å²) in [5.41, 5.74) is 2.10. The molecule has 0 aliphatic heterocycles. The third-order valence-corrected chi connectivity index (χ3v) is 4.06. The molecule has 3 heteroatoms. The maximum absolute atomic E-state index is 14.5. The number of phenolic OH excluding ortho intramolecular Hbond substituents is 1. The monoisotopic (exact) mass is 261 g/mol. The molecule has 0 saturated carbocycles. The molecule has 0 saturated heterocycles. The maximum Gasteiger partial charge on any atom is 0.133 e. The molecular formula is C16H20FNO. The van der Waals surface area contributed by atoms with E-state index in [0.717, 1.165) is 30.4 Å². The minimum absolute atomic E-state index is 0.0246. The standard InChI is InChI=1S/C16H20FNO/c1-10(2)15-14(19)9-12-5-3-11(7-8-18)4-6-13(12)16(15)17/h9-11,19H,3-7H2,1-2H3. The summed E-state index contributed by atoms with van der Waals surface area (Å²) in [5.74, 6) is 0.164. The first-order chi connectivity index (χ1) is 9.04. The van der Waals surface area contributed by atoms with Crippen LogP contribution in [0, 0.1) is 23.1 Å². The van der Waals surface area contributed by atoms with Gasteiger partial charge in [-0.15, -0.1) is 0 Å². The minimum Gasteiger partial charge on any atom is -0.508 e. The van der Waals surface area contributed by atoms with Crippen molar-refractivity contribution in [3.8, 4) is 11.8 Å². The van der Waals surface area contributed by atoms with Gasteiger partial charge in [0.05, 0.1) is 6.07 Å². The minimum atomic E-state index is -0.234. The first-order valence-corrected chi connectivity index (χ1v) is 6.94. The van der Waals surface area contributed by atoms with E-state index in [1.165, 1.54) is 0 Å². The quantitative estimate of drug-likeness (QED) is 0.816. The van der Waals surface area contributed by atoms with Gasteiger partial charge < -0.3 is 5.11 Å². The summed E-state index contributed by atoms with van der Waals surface area (Å²) < 4.78 is 14.5. The van der Waals surface area contributed by atoms with Crippen molar-refractivity contribution in [2.24, 2.45) is 5.92 Å². The van der Waals surface area contributed by atoms with Gasteiger partial charge >= 0.3 is 0 Å². The SMILES string of the molecule is CC(C)c1c(O)cc2c(c1F)CCC(CC#N)CC2. The zero-order chi connectivity index (χ0) is 14.0. The summed E-state index contributed by atoms with van der Waals surface area (Å²) in [6.45, 7) is 3.78. The van der Waals surface area contributed by atoms with Crippen molar-refractivity contribution in [1.29, 1.82) is 5.26 Å². The summed E-state index contributed by atoms with van der Waals surface area (Å²) >= 11 is 0. The highest BCUT2D eigenvalue weighted by Gasteiger charge is 2.23. The molecule has 19 heavy (non-hydrogen) atoms. The second kappa shape index (κ2) is 5.61. The van der Waals surface area contributed by atoms with Gasteiger partial charge in [0.2, 0.25) is 0 Å². The average Bonchev–Trinajstić information content (AvgIpc) is 2.52. The van der Waals surface area contributed by atoms with Crippen molar-refractivity contribution >= 4 is 0 Å². The van der Waals surface area contributed by atoms with Crippen LogP contribution in [-0.4, -0.2) is 5.11 Å². The van der Waals surface area contributed by atoms with E-state index in [1.807, 2.05) is 13.8 Å². The Balaban J connectivity index is 2.37. The number of halogens is 1. The van der Waals surface area contributed by atoms with Gasteiger partial charge in [-0.25, -0.2) is 4.39 Å². The number of fused-ring (bicyclic) bond motifs is 1. The molecule has 0 radical (unpaired) electrons. The number of rotatable bonds is 2. The molecule has 1 unspecified atom stereocenters. The molecule has 1 aliphatic rings. The second-order valence-electron chi connectivity index (χ2n) is 5.72. The summed E-state index contributed by atoms with van der Waals surface area (Å²) in [7, 11) is 0. The van der Waals surface area contributed by atoms with Gasteiger partial charge in [-0.1, -0.05) is 13.8 Å². The Bertz CT molecular complexity index is 516. The molecule has 2 rings (SSSR count). The molecule has 1 aromatic rings. The number of phenols is 1. The first kappa shape index (κ1) is 13.9. The molecule has 1 atom stereocenters. The highest BCUT2D eigenvalue weighted by molar-refractivity contribution is 5.45. The van der Waals surface area contributed by atoms with Gasteiger partial charge in [-0.3, -0.25) is 0 Å². The number of aromatic hydroxyl groups is 1. The maximum atomic E-state index is 14.5. The van der Waals surface area contributed by atoms with Crippen LogP contribution in [0.15, 0.2) is 6.07 Å². The third-order valence-electron chi connectivity index (χ3n) is 4.06. The molecular weight excluding hydrogens is 241 g/mol. The lowest BCUT2D eigenvalue weighted by atomic mass is 9.93. The van der Waals surface area contributed by atoms with E-state index < -0.39 is 0 Å². The van der Waals surface area contributed by atoms with E-state index >= 15 is 0 Å².